The molecule has 6 nitrogen and oxygen atoms in total. The molecule has 0 saturated carbocycles. The highest BCUT2D eigenvalue weighted by atomic mass is 79.9. The smallest absolute Gasteiger partial charge is 0.331 e. The summed E-state index contributed by atoms with van der Waals surface area (Å²) in [5.41, 5.74) is -0.0317. The van der Waals surface area contributed by atoms with Crippen molar-refractivity contribution in [3.8, 4) is 5.88 Å². The maximum Gasteiger partial charge on any atom is 0.331 e. The molecular formula is C21H21BrN2O4. The molecule has 1 heterocycles. The van der Waals surface area contributed by atoms with Crippen LogP contribution < -0.4 is 11.2 Å². The molecule has 0 unspecified atom stereocenters. The number of hydrogen-bond donors (Lipinski definition) is 2. The molecule has 7 heteroatoms. The minimum Gasteiger partial charge on any atom is -0.494 e. The Bertz CT molecular complexity index is 1050. The zero-order valence-corrected chi connectivity index (χ0v) is 16.9. The van der Waals surface area contributed by atoms with E-state index in [-0.39, 0.29) is 6.54 Å². The van der Waals surface area contributed by atoms with Gasteiger partial charge in [0.15, 0.2) is 5.78 Å². The summed E-state index contributed by atoms with van der Waals surface area (Å²) in [4.78, 5) is 38.9. The molecule has 3 rings (SSSR count). The molecule has 0 bridgehead atoms. The number of aromatic hydroxyl groups is 1. The molecule has 0 fully saturated rings. The van der Waals surface area contributed by atoms with Crippen LogP contribution in [-0.2, 0) is 6.54 Å². The SMILES string of the molecule is O=C(/C=C/c1ccc(Br)cc1)c1c(O)n(CCC2=CCCCC2)c(=O)[nH]c1=O. The van der Waals surface area contributed by atoms with Crippen molar-refractivity contribution in [1.82, 2.24) is 9.55 Å². The van der Waals surface area contributed by atoms with Crippen LogP contribution in [0.25, 0.3) is 6.08 Å². The van der Waals surface area contributed by atoms with Gasteiger partial charge in [-0.2, -0.15) is 0 Å². The quantitative estimate of drug-likeness (QED) is 0.402. The average molecular weight is 445 g/mol. The van der Waals surface area contributed by atoms with E-state index in [1.807, 2.05) is 12.1 Å². The van der Waals surface area contributed by atoms with Crippen molar-refractivity contribution in [1.29, 1.82) is 0 Å². The molecule has 146 valence electrons. The van der Waals surface area contributed by atoms with Gasteiger partial charge in [0.2, 0.25) is 5.88 Å². The molecule has 0 radical (unpaired) electrons. The first kappa shape index (κ1) is 20.1. The van der Waals surface area contributed by atoms with Crippen LogP contribution in [0.4, 0.5) is 0 Å². The van der Waals surface area contributed by atoms with Gasteiger partial charge in [0.25, 0.3) is 5.56 Å². The molecule has 1 aromatic carbocycles. The van der Waals surface area contributed by atoms with Gasteiger partial charge in [-0.1, -0.05) is 45.8 Å². The number of benzene rings is 1. The van der Waals surface area contributed by atoms with Crippen molar-refractivity contribution in [2.45, 2.75) is 38.6 Å². The van der Waals surface area contributed by atoms with E-state index in [4.69, 9.17) is 0 Å². The topological polar surface area (TPSA) is 92.2 Å². The van der Waals surface area contributed by atoms with Crippen molar-refractivity contribution < 1.29 is 9.90 Å². The normalized spacial score (nSPS) is 14.2. The van der Waals surface area contributed by atoms with E-state index in [9.17, 15) is 19.5 Å². The first-order valence-electron chi connectivity index (χ1n) is 9.17. The lowest BCUT2D eigenvalue weighted by Gasteiger charge is -2.14. The Hall–Kier alpha value is -2.67. The summed E-state index contributed by atoms with van der Waals surface area (Å²) in [6.07, 6.45) is 9.79. The number of carbonyl (C=O) groups is 1. The van der Waals surface area contributed by atoms with Crippen molar-refractivity contribution >= 4 is 27.8 Å². The zero-order valence-electron chi connectivity index (χ0n) is 15.3. The Morgan fingerprint density at radius 3 is 2.64 bits per heavy atom. The number of nitrogens with zero attached hydrogens (tertiary/aromatic N) is 1. The predicted octanol–water partition coefficient (Wildman–Crippen LogP) is 3.79. The highest BCUT2D eigenvalue weighted by Crippen LogP contribution is 2.21. The van der Waals surface area contributed by atoms with Gasteiger partial charge in [0, 0.05) is 11.0 Å². The summed E-state index contributed by atoms with van der Waals surface area (Å²) in [6.45, 7) is 0.212. The lowest BCUT2D eigenvalue weighted by Crippen LogP contribution is -2.33. The molecule has 0 saturated heterocycles. The second-order valence-corrected chi connectivity index (χ2v) is 7.63. The summed E-state index contributed by atoms with van der Waals surface area (Å²) in [5.74, 6) is -1.25. The maximum absolute atomic E-state index is 12.5. The highest BCUT2D eigenvalue weighted by molar-refractivity contribution is 9.10. The van der Waals surface area contributed by atoms with Crippen LogP contribution in [0.3, 0.4) is 0 Å². The molecule has 28 heavy (non-hydrogen) atoms. The number of aromatic nitrogens is 2. The van der Waals surface area contributed by atoms with Gasteiger partial charge in [-0.3, -0.25) is 19.1 Å². The molecule has 0 amide bonds. The van der Waals surface area contributed by atoms with Crippen molar-refractivity contribution in [2.75, 3.05) is 0 Å². The predicted molar refractivity (Wildman–Crippen MR) is 112 cm³/mol. The van der Waals surface area contributed by atoms with Crippen LogP contribution in [0.15, 0.2) is 56.1 Å². The van der Waals surface area contributed by atoms with Gasteiger partial charge < -0.3 is 5.11 Å². The van der Waals surface area contributed by atoms with E-state index in [1.54, 1.807) is 18.2 Å². The Labute approximate surface area is 170 Å². The molecule has 0 spiro atoms. The Morgan fingerprint density at radius 1 is 1.21 bits per heavy atom. The molecule has 1 aliphatic rings. The molecule has 0 aliphatic heterocycles. The fraction of sp³-hybridized carbons (Fsp3) is 0.286. The molecule has 1 aliphatic carbocycles. The van der Waals surface area contributed by atoms with Gasteiger partial charge in [0.05, 0.1) is 0 Å². The van der Waals surface area contributed by atoms with Crippen LogP contribution in [0, 0.1) is 0 Å². The van der Waals surface area contributed by atoms with Crippen LogP contribution in [-0.4, -0.2) is 20.4 Å². The van der Waals surface area contributed by atoms with E-state index in [1.165, 1.54) is 11.6 Å². The number of ketones is 1. The largest absolute Gasteiger partial charge is 0.494 e. The minimum absolute atomic E-state index is 0.212. The second kappa shape index (κ2) is 9.01. The van der Waals surface area contributed by atoms with Crippen molar-refractivity contribution in [3.05, 3.63) is 78.4 Å². The van der Waals surface area contributed by atoms with Crippen molar-refractivity contribution in [3.63, 3.8) is 0 Å². The first-order chi connectivity index (χ1) is 13.5. The van der Waals surface area contributed by atoms with E-state index >= 15 is 0 Å². The van der Waals surface area contributed by atoms with Crippen LogP contribution in [0.2, 0.25) is 0 Å². The Balaban J connectivity index is 1.84. The zero-order chi connectivity index (χ0) is 20.1. The summed E-state index contributed by atoms with van der Waals surface area (Å²) in [6, 6.07) is 7.26. The van der Waals surface area contributed by atoms with Gasteiger partial charge >= 0.3 is 5.69 Å². The third kappa shape index (κ3) is 4.78. The molecule has 0 atom stereocenters. The number of hydrogen-bond acceptors (Lipinski definition) is 4. The van der Waals surface area contributed by atoms with Crippen LogP contribution in [0.1, 0.15) is 48.0 Å². The fourth-order valence-corrected chi connectivity index (χ4v) is 3.47. The van der Waals surface area contributed by atoms with Crippen LogP contribution >= 0.6 is 15.9 Å². The standard InChI is InChI=1S/C21H21BrN2O4/c22-16-9-6-15(7-10-16)8-11-17(25)18-19(26)23-21(28)24(20(18)27)13-12-14-4-2-1-3-5-14/h4,6-11,27H,1-3,5,12-13H2,(H,23,26,28)/b11-8+. The third-order valence-corrected chi connectivity index (χ3v) is 5.29. The first-order valence-corrected chi connectivity index (χ1v) is 9.97. The van der Waals surface area contributed by atoms with Gasteiger partial charge in [-0.05, 0) is 55.9 Å². The second-order valence-electron chi connectivity index (χ2n) is 6.72. The van der Waals surface area contributed by atoms with Gasteiger partial charge in [-0.15, -0.1) is 0 Å². The number of allylic oxidation sites excluding steroid dienone is 3. The number of nitrogens with one attached hydrogen (secondary N) is 1. The third-order valence-electron chi connectivity index (χ3n) is 4.76. The Morgan fingerprint density at radius 2 is 1.96 bits per heavy atom. The number of rotatable bonds is 6. The van der Waals surface area contributed by atoms with E-state index in [0.29, 0.717) is 6.42 Å². The maximum atomic E-state index is 12.5. The molecule has 2 aromatic rings. The Kier molecular flexibility index (Phi) is 6.46. The number of aromatic amines is 1. The summed E-state index contributed by atoms with van der Waals surface area (Å²) < 4.78 is 1.96. The average Bonchev–Trinajstić information content (AvgIpc) is 2.68. The van der Waals surface area contributed by atoms with Gasteiger partial charge in [0.1, 0.15) is 5.56 Å². The van der Waals surface area contributed by atoms with E-state index in [0.717, 1.165) is 40.3 Å². The minimum atomic E-state index is -0.888. The molecular weight excluding hydrogens is 424 g/mol. The summed E-state index contributed by atoms with van der Waals surface area (Å²) in [5, 5.41) is 10.4. The van der Waals surface area contributed by atoms with Crippen LogP contribution in [0.5, 0.6) is 5.88 Å². The molecule has 1 aromatic heterocycles. The van der Waals surface area contributed by atoms with Gasteiger partial charge in [-0.25, -0.2) is 4.79 Å². The number of H-pyrrole nitrogens is 1. The van der Waals surface area contributed by atoms with Crippen molar-refractivity contribution in [2.24, 2.45) is 0 Å². The highest BCUT2D eigenvalue weighted by Gasteiger charge is 2.19. The molecule has 2 N–H and O–H groups in total. The monoisotopic (exact) mass is 444 g/mol. The number of carbonyl (C=O) groups excluding carboxylic acids is 1. The lowest BCUT2D eigenvalue weighted by molar-refractivity contribution is 0.104. The lowest BCUT2D eigenvalue weighted by atomic mass is 9.97. The fourth-order valence-electron chi connectivity index (χ4n) is 3.21. The number of halogens is 1. The van der Waals surface area contributed by atoms with E-state index < -0.39 is 28.5 Å². The summed E-state index contributed by atoms with van der Waals surface area (Å²) >= 11 is 3.33. The van der Waals surface area contributed by atoms with E-state index in [2.05, 4.69) is 27.0 Å². The summed E-state index contributed by atoms with van der Waals surface area (Å²) in [7, 11) is 0.